The second kappa shape index (κ2) is 4.91. The maximum atomic E-state index is 10.8. The minimum atomic E-state index is -2.85. The standard InChI is InChI=1S/C10H22O3Si/c1-6-10(7-2,8-3)9(4,5)13-14(11)12/h11H,6-8H2,1-5H3. The minimum Gasteiger partial charge on any atom is -0.511 e. The van der Waals surface area contributed by atoms with E-state index in [1.54, 1.807) is 0 Å². The fourth-order valence-corrected chi connectivity index (χ4v) is 3.01. The Hall–Kier alpha value is -0.383. The van der Waals surface area contributed by atoms with Crippen LogP contribution in [0.4, 0.5) is 0 Å². The monoisotopic (exact) mass is 218 g/mol. The van der Waals surface area contributed by atoms with Crippen LogP contribution in [0.5, 0.6) is 0 Å². The summed E-state index contributed by atoms with van der Waals surface area (Å²) in [5, 5.41) is 0. The van der Waals surface area contributed by atoms with Crippen LogP contribution in [-0.2, 0) is 8.89 Å². The Morgan fingerprint density at radius 1 is 1.14 bits per heavy atom. The first kappa shape index (κ1) is 13.6. The average Bonchev–Trinajstić information content (AvgIpc) is 2.05. The Balaban J connectivity index is 4.87. The highest BCUT2D eigenvalue weighted by Gasteiger charge is 2.43. The van der Waals surface area contributed by atoms with E-state index in [1.165, 1.54) is 0 Å². The molecule has 0 aliphatic rings. The van der Waals surface area contributed by atoms with Gasteiger partial charge in [-0.1, -0.05) is 20.8 Å². The van der Waals surface area contributed by atoms with Crippen LogP contribution in [0.25, 0.3) is 0 Å². The molecule has 0 unspecified atom stereocenters. The molecule has 0 aromatic carbocycles. The van der Waals surface area contributed by atoms with Crippen LogP contribution in [0.15, 0.2) is 0 Å². The van der Waals surface area contributed by atoms with Crippen LogP contribution in [0.1, 0.15) is 53.9 Å². The molecular formula is C10H22O3Si. The predicted octanol–water partition coefficient (Wildman–Crippen LogP) is 2.41. The molecule has 0 radical (unpaired) electrons. The Bertz CT molecular complexity index is 189. The van der Waals surface area contributed by atoms with E-state index < -0.39 is 14.8 Å². The Morgan fingerprint density at radius 3 is 1.71 bits per heavy atom. The highest BCUT2D eigenvalue weighted by Crippen LogP contribution is 2.43. The summed E-state index contributed by atoms with van der Waals surface area (Å²) in [5.74, 6) is 0. The third-order valence-electron chi connectivity index (χ3n) is 3.65. The fourth-order valence-electron chi connectivity index (χ4n) is 2.35. The molecule has 0 aliphatic heterocycles. The SMILES string of the molecule is CCC(CC)(CC)C(C)(C)O[Si](=O)O. The average molecular weight is 218 g/mol. The van der Waals surface area contributed by atoms with Crippen molar-refractivity contribution in [2.75, 3.05) is 0 Å². The third kappa shape index (κ3) is 2.56. The van der Waals surface area contributed by atoms with Gasteiger partial charge in [-0.05, 0) is 33.1 Å². The van der Waals surface area contributed by atoms with E-state index in [0.717, 1.165) is 19.3 Å². The van der Waals surface area contributed by atoms with Gasteiger partial charge in [0.1, 0.15) is 0 Å². The van der Waals surface area contributed by atoms with E-state index in [9.17, 15) is 4.46 Å². The maximum absolute atomic E-state index is 10.8. The van der Waals surface area contributed by atoms with E-state index in [1.807, 2.05) is 13.8 Å². The van der Waals surface area contributed by atoms with Gasteiger partial charge in [0.25, 0.3) is 0 Å². The van der Waals surface area contributed by atoms with Crippen LogP contribution < -0.4 is 0 Å². The lowest BCUT2D eigenvalue weighted by atomic mass is 9.68. The van der Waals surface area contributed by atoms with Gasteiger partial charge < -0.3 is 9.22 Å². The second-order valence-corrected chi connectivity index (χ2v) is 4.96. The Labute approximate surface area is 88.4 Å². The van der Waals surface area contributed by atoms with Gasteiger partial charge >= 0.3 is 9.17 Å². The van der Waals surface area contributed by atoms with Crippen molar-refractivity contribution in [3.05, 3.63) is 0 Å². The van der Waals surface area contributed by atoms with E-state index in [4.69, 9.17) is 9.22 Å². The van der Waals surface area contributed by atoms with Crippen LogP contribution in [0, 0.1) is 5.41 Å². The summed E-state index contributed by atoms with van der Waals surface area (Å²) in [6, 6.07) is 0. The molecule has 0 bridgehead atoms. The molecule has 4 heteroatoms. The first-order valence-corrected chi connectivity index (χ1v) is 6.53. The zero-order chi connectivity index (χ0) is 11.4. The largest absolute Gasteiger partial charge is 0.765 e. The summed E-state index contributed by atoms with van der Waals surface area (Å²) in [6.07, 6.45) is 2.88. The van der Waals surface area contributed by atoms with Crippen molar-refractivity contribution in [2.45, 2.75) is 59.5 Å². The van der Waals surface area contributed by atoms with E-state index in [2.05, 4.69) is 20.8 Å². The van der Waals surface area contributed by atoms with Gasteiger partial charge in [-0.2, -0.15) is 0 Å². The second-order valence-electron chi connectivity index (χ2n) is 4.22. The molecule has 0 amide bonds. The van der Waals surface area contributed by atoms with Crippen molar-refractivity contribution in [2.24, 2.45) is 5.41 Å². The molecular weight excluding hydrogens is 196 g/mol. The highest BCUT2D eigenvalue weighted by molar-refractivity contribution is 6.24. The van der Waals surface area contributed by atoms with Gasteiger partial charge in [-0.25, -0.2) is 0 Å². The fraction of sp³-hybridized carbons (Fsp3) is 1.00. The molecule has 0 saturated heterocycles. The zero-order valence-corrected chi connectivity index (χ0v) is 10.9. The van der Waals surface area contributed by atoms with Gasteiger partial charge in [0.2, 0.25) is 0 Å². The lowest BCUT2D eigenvalue weighted by Gasteiger charge is -2.44. The first-order chi connectivity index (χ1) is 6.35. The quantitative estimate of drug-likeness (QED) is 0.696. The van der Waals surface area contributed by atoms with E-state index in [0.29, 0.717) is 0 Å². The zero-order valence-electron chi connectivity index (χ0n) is 9.89. The van der Waals surface area contributed by atoms with Crippen molar-refractivity contribution in [1.82, 2.24) is 0 Å². The first-order valence-electron chi connectivity index (χ1n) is 5.27. The summed E-state index contributed by atoms with van der Waals surface area (Å²) in [6.45, 7) is 10.1. The summed E-state index contributed by atoms with van der Waals surface area (Å²) < 4.78 is 16.0. The molecule has 0 aliphatic carbocycles. The van der Waals surface area contributed by atoms with E-state index in [-0.39, 0.29) is 5.41 Å². The molecule has 3 nitrogen and oxygen atoms in total. The Morgan fingerprint density at radius 2 is 1.50 bits per heavy atom. The number of rotatable bonds is 6. The van der Waals surface area contributed by atoms with Crippen molar-refractivity contribution in [3.8, 4) is 0 Å². The highest BCUT2D eigenvalue weighted by atomic mass is 28.3. The predicted molar refractivity (Wildman–Crippen MR) is 57.1 cm³/mol. The summed E-state index contributed by atoms with van der Waals surface area (Å²) >= 11 is 0. The summed E-state index contributed by atoms with van der Waals surface area (Å²) in [4.78, 5) is 8.86. The van der Waals surface area contributed by atoms with E-state index >= 15 is 0 Å². The van der Waals surface area contributed by atoms with Crippen LogP contribution in [0.2, 0.25) is 0 Å². The van der Waals surface area contributed by atoms with Crippen molar-refractivity contribution in [3.63, 3.8) is 0 Å². The Kier molecular flexibility index (Phi) is 4.78. The van der Waals surface area contributed by atoms with Gasteiger partial charge in [0.05, 0.1) is 5.60 Å². The molecule has 0 aromatic heterocycles. The van der Waals surface area contributed by atoms with Gasteiger partial charge in [-0.15, -0.1) is 0 Å². The molecule has 0 spiro atoms. The van der Waals surface area contributed by atoms with Gasteiger partial charge in [0.15, 0.2) is 0 Å². The molecule has 84 valence electrons. The topological polar surface area (TPSA) is 46.5 Å². The molecule has 0 rings (SSSR count). The van der Waals surface area contributed by atoms with Gasteiger partial charge in [-0.3, -0.25) is 4.46 Å². The lowest BCUT2D eigenvalue weighted by molar-refractivity contribution is -0.0595. The molecule has 0 saturated carbocycles. The van der Waals surface area contributed by atoms with Gasteiger partial charge in [0, 0.05) is 5.41 Å². The number of hydrogen-bond donors (Lipinski definition) is 1. The molecule has 0 atom stereocenters. The molecule has 0 heterocycles. The summed E-state index contributed by atoms with van der Waals surface area (Å²) in [5.41, 5.74) is -0.536. The lowest BCUT2D eigenvalue weighted by Crippen LogP contribution is -2.46. The molecule has 0 aromatic rings. The number of hydrogen-bond acceptors (Lipinski definition) is 2. The van der Waals surface area contributed by atoms with Crippen LogP contribution in [0.3, 0.4) is 0 Å². The molecule has 14 heavy (non-hydrogen) atoms. The summed E-state index contributed by atoms with van der Waals surface area (Å²) in [7, 11) is -2.85. The molecule has 1 N–H and O–H groups in total. The molecule has 0 fully saturated rings. The third-order valence-corrected chi connectivity index (χ3v) is 4.33. The maximum Gasteiger partial charge on any atom is 0.765 e. The van der Waals surface area contributed by atoms with Crippen molar-refractivity contribution in [1.29, 1.82) is 0 Å². The van der Waals surface area contributed by atoms with Crippen molar-refractivity contribution < 1.29 is 13.7 Å². The van der Waals surface area contributed by atoms with Crippen molar-refractivity contribution >= 4 is 9.17 Å². The smallest absolute Gasteiger partial charge is 0.511 e. The van der Waals surface area contributed by atoms with Crippen LogP contribution in [-0.4, -0.2) is 19.6 Å². The minimum absolute atomic E-state index is 0.00391. The van der Waals surface area contributed by atoms with Crippen LogP contribution >= 0.6 is 0 Å². The normalized spacial score (nSPS) is 12.6.